The van der Waals surface area contributed by atoms with E-state index in [-0.39, 0.29) is 12.7 Å². The van der Waals surface area contributed by atoms with Crippen molar-refractivity contribution in [3.63, 3.8) is 0 Å². The predicted molar refractivity (Wildman–Crippen MR) is 76.2 cm³/mol. The summed E-state index contributed by atoms with van der Waals surface area (Å²) in [6.07, 6.45) is 4.25. The second-order valence-electron chi connectivity index (χ2n) is 4.75. The van der Waals surface area contributed by atoms with Gasteiger partial charge in [-0.25, -0.2) is 4.98 Å². The molecule has 0 radical (unpaired) electrons. The van der Waals surface area contributed by atoms with Gasteiger partial charge in [0, 0.05) is 44.2 Å². The number of amides is 1. The van der Waals surface area contributed by atoms with Gasteiger partial charge >= 0.3 is 0 Å². The number of nitrogens with one attached hydrogen (secondary N) is 1. The maximum atomic E-state index is 12.2. The van der Waals surface area contributed by atoms with E-state index >= 15 is 0 Å². The summed E-state index contributed by atoms with van der Waals surface area (Å²) >= 11 is 0. The molecule has 2 heterocycles. The summed E-state index contributed by atoms with van der Waals surface area (Å²) in [5, 5.41) is 2.83. The number of rotatable bonds is 4. The Morgan fingerprint density at radius 1 is 1.43 bits per heavy atom. The normalized spacial score (nSPS) is 12.4. The van der Waals surface area contributed by atoms with E-state index in [0.29, 0.717) is 35.7 Å². The molecule has 0 atom stereocenters. The SMILES string of the molecule is Cn1ccnc1CCNC(=O)c1cc2c(cc1N)OCO2. The minimum Gasteiger partial charge on any atom is -0.454 e. The largest absolute Gasteiger partial charge is 0.454 e. The average molecular weight is 288 g/mol. The van der Waals surface area contributed by atoms with E-state index in [9.17, 15) is 4.79 Å². The van der Waals surface area contributed by atoms with Crippen LogP contribution in [0, 0.1) is 0 Å². The van der Waals surface area contributed by atoms with Crippen LogP contribution in [0.15, 0.2) is 24.5 Å². The molecule has 0 saturated carbocycles. The number of carbonyl (C=O) groups excluding carboxylic acids is 1. The maximum Gasteiger partial charge on any atom is 0.253 e. The lowest BCUT2D eigenvalue weighted by Crippen LogP contribution is -2.27. The van der Waals surface area contributed by atoms with Crippen molar-refractivity contribution >= 4 is 11.6 Å². The Labute approximate surface area is 121 Å². The van der Waals surface area contributed by atoms with Crippen molar-refractivity contribution in [2.24, 2.45) is 7.05 Å². The molecule has 1 aliphatic rings. The standard InChI is InChI=1S/C14H16N4O3/c1-18-5-4-16-13(18)2-3-17-14(19)9-6-11-12(7-10(9)15)21-8-20-11/h4-7H,2-3,8,15H2,1H3,(H,17,19). The number of fused-ring (bicyclic) bond motifs is 1. The fourth-order valence-electron chi connectivity index (χ4n) is 2.17. The highest BCUT2D eigenvalue weighted by Crippen LogP contribution is 2.35. The van der Waals surface area contributed by atoms with Gasteiger partial charge in [-0.1, -0.05) is 0 Å². The first kappa shape index (κ1) is 13.3. The molecule has 0 aliphatic carbocycles. The number of hydrogen-bond acceptors (Lipinski definition) is 5. The van der Waals surface area contributed by atoms with Gasteiger partial charge in [-0.3, -0.25) is 4.79 Å². The van der Waals surface area contributed by atoms with Crippen molar-refractivity contribution in [2.45, 2.75) is 6.42 Å². The molecule has 1 aromatic heterocycles. The van der Waals surface area contributed by atoms with E-state index in [2.05, 4.69) is 10.3 Å². The van der Waals surface area contributed by atoms with Crippen LogP contribution in [-0.4, -0.2) is 28.8 Å². The van der Waals surface area contributed by atoms with Crippen LogP contribution in [0.1, 0.15) is 16.2 Å². The average Bonchev–Trinajstić information content (AvgIpc) is 3.06. The quantitative estimate of drug-likeness (QED) is 0.808. The maximum absolute atomic E-state index is 12.2. The number of imidazole rings is 1. The molecule has 7 nitrogen and oxygen atoms in total. The van der Waals surface area contributed by atoms with Gasteiger partial charge in [0.25, 0.3) is 5.91 Å². The molecule has 0 unspecified atom stereocenters. The molecule has 1 aromatic carbocycles. The van der Waals surface area contributed by atoms with Crippen LogP contribution in [0.5, 0.6) is 11.5 Å². The Hall–Kier alpha value is -2.70. The molecule has 110 valence electrons. The fourth-order valence-corrected chi connectivity index (χ4v) is 2.17. The molecule has 21 heavy (non-hydrogen) atoms. The molecular weight excluding hydrogens is 272 g/mol. The van der Waals surface area contributed by atoms with Crippen LogP contribution in [0.4, 0.5) is 5.69 Å². The number of nitrogens with two attached hydrogens (primary N) is 1. The molecule has 0 fully saturated rings. The topological polar surface area (TPSA) is 91.4 Å². The number of aromatic nitrogens is 2. The molecule has 7 heteroatoms. The number of nitrogens with zero attached hydrogens (tertiary/aromatic N) is 2. The van der Waals surface area contributed by atoms with Crippen LogP contribution in [-0.2, 0) is 13.5 Å². The van der Waals surface area contributed by atoms with Gasteiger partial charge in [0.2, 0.25) is 6.79 Å². The Morgan fingerprint density at radius 3 is 2.90 bits per heavy atom. The van der Waals surface area contributed by atoms with Crippen LogP contribution in [0.3, 0.4) is 0 Å². The van der Waals surface area contributed by atoms with Crippen LogP contribution in [0.2, 0.25) is 0 Å². The van der Waals surface area contributed by atoms with Crippen molar-refractivity contribution in [3.8, 4) is 11.5 Å². The first-order valence-electron chi connectivity index (χ1n) is 6.58. The summed E-state index contributed by atoms with van der Waals surface area (Å²) in [4.78, 5) is 16.4. The molecule has 2 aromatic rings. The lowest BCUT2D eigenvalue weighted by molar-refractivity contribution is 0.0954. The molecule has 0 saturated heterocycles. The van der Waals surface area contributed by atoms with Gasteiger partial charge < -0.3 is 25.1 Å². The number of benzene rings is 1. The first-order chi connectivity index (χ1) is 10.1. The highest BCUT2D eigenvalue weighted by molar-refractivity contribution is 6.00. The lowest BCUT2D eigenvalue weighted by Gasteiger charge is -2.08. The fraction of sp³-hybridized carbons (Fsp3) is 0.286. The summed E-state index contributed by atoms with van der Waals surface area (Å²) in [6, 6.07) is 3.21. The van der Waals surface area contributed by atoms with Gasteiger partial charge in [0.1, 0.15) is 5.82 Å². The number of aryl methyl sites for hydroxylation is 1. The van der Waals surface area contributed by atoms with Crippen LogP contribution in [0.25, 0.3) is 0 Å². The highest BCUT2D eigenvalue weighted by atomic mass is 16.7. The molecule has 3 N–H and O–H groups in total. The van der Waals surface area contributed by atoms with E-state index in [1.54, 1.807) is 18.3 Å². The number of nitrogen functional groups attached to an aromatic ring is 1. The second kappa shape index (κ2) is 5.35. The third-order valence-electron chi connectivity index (χ3n) is 3.34. The smallest absolute Gasteiger partial charge is 0.253 e. The van der Waals surface area contributed by atoms with Crippen molar-refractivity contribution in [1.82, 2.24) is 14.9 Å². The van der Waals surface area contributed by atoms with E-state index in [0.717, 1.165) is 5.82 Å². The third kappa shape index (κ3) is 2.62. The van der Waals surface area contributed by atoms with Crippen molar-refractivity contribution in [2.75, 3.05) is 19.1 Å². The Bertz CT molecular complexity index is 681. The minimum absolute atomic E-state index is 0.152. The second-order valence-corrected chi connectivity index (χ2v) is 4.75. The van der Waals surface area contributed by atoms with E-state index in [1.807, 2.05) is 17.8 Å². The summed E-state index contributed by atoms with van der Waals surface area (Å²) in [6.45, 7) is 0.635. The number of anilines is 1. The van der Waals surface area contributed by atoms with E-state index in [1.165, 1.54) is 0 Å². The third-order valence-corrected chi connectivity index (χ3v) is 3.34. The number of ether oxygens (including phenoxy) is 2. The van der Waals surface area contributed by atoms with Crippen molar-refractivity contribution < 1.29 is 14.3 Å². The summed E-state index contributed by atoms with van der Waals surface area (Å²) in [7, 11) is 1.92. The molecule has 3 rings (SSSR count). The predicted octanol–water partition coefficient (Wildman–Crippen LogP) is 0.704. The van der Waals surface area contributed by atoms with Gasteiger partial charge in [0.05, 0.1) is 5.56 Å². The number of hydrogen-bond donors (Lipinski definition) is 2. The van der Waals surface area contributed by atoms with Gasteiger partial charge in [-0.15, -0.1) is 0 Å². The Kier molecular flexibility index (Phi) is 3.39. The summed E-state index contributed by atoms with van der Waals surface area (Å²) in [5.74, 6) is 1.78. The van der Waals surface area contributed by atoms with Gasteiger partial charge in [-0.05, 0) is 6.07 Å². The first-order valence-corrected chi connectivity index (χ1v) is 6.58. The zero-order valence-electron chi connectivity index (χ0n) is 11.6. The molecule has 0 spiro atoms. The Morgan fingerprint density at radius 2 is 2.19 bits per heavy atom. The van der Waals surface area contributed by atoms with Gasteiger partial charge in [-0.2, -0.15) is 0 Å². The van der Waals surface area contributed by atoms with E-state index < -0.39 is 0 Å². The number of carbonyl (C=O) groups is 1. The molecule has 0 bridgehead atoms. The van der Waals surface area contributed by atoms with Crippen LogP contribution < -0.4 is 20.5 Å². The zero-order valence-corrected chi connectivity index (χ0v) is 11.6. The Balaban J connectivity index is 1.64. The van der Waals surface area contributed by atoms with Crippen molar-refractivity contribution in [1.29, 1.82) is 0 Å². The highest BCUT2D eigenvalue weighted by Gasteiger charge is 2.19. The molecule has 1 aliphatic heterocycles. The van der Waals surface area contributed by atoms with Crippen LogP contribution >= 0.6 is 0 Å². The van der Waals surface area contributed by atoms with Crippen molar-refractivity contribution in [3.05, 3.63) is 35.9 Å². The summed E-state index contributed by atoms with van der Waals surface area (Å²) < 4.78 is 12.4. The monoisotopic (exact) mass is 288 g/mol. The van der Waals surface area contributed by atoms with E-state index in [4.69, 9.17) is 15.2 Å². The minimum atomic E-state index is -0.236. The lowest BCUT2D eigenvalue weighted by atomic mass is 10.1. The van der Waals surface area contributed by atoms with Gasteiger partial charge in [0.15, 0.2) is 11.5 Å². The summed E-state index contributed by atoms with van der Waals surface area (Å²) in [5.41, 5.74) is 6.63. The molecular formula is C14H16N4O3. The molecule has 1 amide bonds. The zero-order chi connectivity index (χ0) is 14.8.